The Morgan fingerprint density at radius 3 is 2.76 bits per heavy atom. The van der Waals surface area contributed by atoms with Crippen LogP contribution in [0, 0.1) is 6.92 Å². The number of carboxylic acids is 1. The van der Waals surface area contributed by atoms with Crippen molar-refractivity contribution in [3.05, 3.63) is 17.5 Å². The third-order valence-corrected chi connectivity index (χ3v) is 2.50. The predicted molar refractivity (Wildman–Crippen MR) is 59.5 cm³/mol. The van der Waals surface area contributed by atoms with Gasteiger partial charge in [-0.25, -0.2) is 0 Å². The van der Waals surface area contributed by atoms with Crippen LogP contribution in [-0.4, -0.2) is 40.6 Å². The number of carboxylic acid groups (broad SMARTS) is 1. The molecule has 0 radical (unpaired) electrons. The van der Waals surface area contributed by atoms with Crippen LogP contribution in [0.3, 0.4) is 0 Å². The van der Waals surface area contributed by atoms with Gasteiger partial charge in [0.2, 0.25) is 5.91 Å². The minimum Gasteiger partial charge on any atom is -0.481 e. The van der Waals surface area contributed by atoms with Crippen LogP contribution >= 0.6 is 0 Å². The van der Waals surface area contributed by atoms with E-state index < -0.39 is 5.97 Å². The van der Waals surface area contributed by atoms with E-state index in [0.29, 0.717) is 18.7 Å². The lowest BCUT2D eigenvalue weighted by atomic mass is 10.2. The van der Waals surface area contributed by atoms with Crippen LogP contribution in [0.15, 0.2) is 10.8 Å². The number of hydrogen-bond donors (Lipinski definition) is 1. The minimum absolute atomic E-state index is 0.0679. The second-order valence-corrected chi connectivity index (χ2v) is 3.91. The third kappa shape index (κ3) is 4.26. The van der Waals surface area contributed by atoms with E-state index in [-0.39, 0.29) is 18.7 Å². The summed E-state index contributed by atoms with van der Waals surface area (Å²) in [5, 5.41) is 12.2. The molecule has 0 fully saturated rings. The van der Waals surface area contributed by atoms with Crippen molar-refractivity contribution in [1.29, 1.82) is 0 Å². The summed E-state index contributed by atoms with van der Waals surface area (Å²) in [6.07, 6.45) is 2.22. The second-order valence-electron chi connectivity index (χ2n) is 3.91. The Morgan fingerprint density at radius 1 is 1.53 bits per heavy atom. The molecular weight excluding hydrogens is 224 g/mol. The lowest BCUT2D eigenvalue weighted by molar-refractivity contribution is -0.138. The van der Waals surface area contributed by atoms with E-state index >= 15 is 0 Å². The van der Waals surface area contributed by atoms with E-state index in [1.165, 1.54) is 11.2 Å². The molecule has 1 rings (SSSR count). The van der Waals surface area contributed by atoms with Gasteiger partial charge in [0.05, 0.1) is 12.1 Å². The largest absolute Gasteiger partial charge is 0.481 e. The normalized spacial score (nSPS) is 10.2. The van der Waals surface area contributed by atoms with Gasteiger partial charge in [0, 0.05) is 25.6 Å². The van der Waals surface area contributed by atoms with Crippen molar-refractivity contribution in [1.82, 2.24) is 10.1 Å². The SMILES string of the molecule is Cc1nocc1CC(=O)N(C)CCCC(=O)O. The van der Waals surface area contributed by atoms with Gasteiger partial charge in [0.1, 0.15) is 6.26 Å². The Labute approximate surface area is 99.2 Å². The van der Waals surface area contributed by atoms with Crippen LogP contribution in [-0.2, 0) is 16.0 Å². The summed E-state index contributed by atoms with van der Waals surface area (Å²) in [4.78, 5) is 23.6. The van der Waals surface area contributed by atoms with Gasteiger partial charge < -0.3 is 14.5 Å². The zero-order valence-corrected chi connectivity index (χ0v) is 9.97. The van der Waals surface area contributed by atoms with Crippen LogP contribution in [0.1, 0.15) is 24.1 Å². The van der Waals surface area contributed by atoms with E-state index in [1.54, 1.807) is 14.0 Å². The molecule has 1 aromatic rings. The number of carbonyl (C=O) groups excluding carboxylic acids is 1. The molecule has 1 N–H and O–H groups in total. The number of likely N-dealkylation sites (N-methyl/N-ethyl adjacent to an activating group) is 1. The Balaban J connectivity index is 2.37. The molecular formula is C11H16N2O4. The van der Waals surface area contributed by atoms with Crippen LogP contribution in [0.5, 0.6) is 0 Å². The zero-order valence-electron chi connectivity index (χ0n) is 9.97. The fraction of sp³-hybridized carbons (Fsp3) is 0.545. The fourth-order valence-electron chi connectivity index (χ4n) is 1.37. The molecule has 0 saturated carbocycles. The second kappa shape index (κ2) is 6.03. The number of hydrogen-bond acceptors (Lipinski definition) is 4. The van der Waals surface area contributed by atoms with Gasteiger partial charge >= 0.3 is 5.97 Å². The molecule has 0 aromatic carbocycles. The van der Waals surface area contributed by atoms with Crippen molar-refractivity contribution < 1.29 is 19.2 Å². The number of carbonyl (C=O) groups is 2. The molecule has 1 heterocycles. The molecule has 0 saturated heterocycles. The maximum atomic E-state index is 11.7. The molecule has 0 spiro atoms. The molecule has 1 amide bonds. The monoisotopic (exact) mass is 240 g/mol. The van der Waals surface area contributed by atoms with Crippen molar-refractivity contribution in [2.75, 3.05) is 13.6 Å². The fourth-order valence-corrected chi connectivity index (χ4v) is 1.37. The summed E-state index contributed by atoms with van der Waals surface area (Å²) >= 11 is 0. The van der Waals surface area contributed by atoms with Crippen molar-refractivity contribution in [3.8, 4) is 0 Å². The van der Waals surface area contributed by atoms with Gasteiger partial charge in [-0.05, 0) is 13.3 Å². The van der Waals surface area contributed by atoms with Gasteiger partial charge in [-0.15, -0.1) is 0 Å². The van der Waals surface area contributed by atoms with E-state index in [9.17, 15) is 9.59 Å². The number of nitrogens with zero attached hydrogens (tertiary/aromatic N) is 2. The summed E-state index contributed by atoms with van der Waals surface area (Å²) < 4.78 is 4.74. The van der Waals surface area contributed by atoms with E-state index in [2.05, 4.69) is 5.16 Å². The maximum Gasteiger partial charge on any atom is 0.303 e. The number of aliphatic carboxylic acids is 1. The molecule has 0 aliphatic rings. The first kappa shape index (κ1) is 13.2. The minimum atomic E-state index is -0.847. The summed E-state index contributed by atoms with van der Waals surface area (Å²) in [6.45, 7) is 2.21. The highest BCUT2D eigenvalue weighted by atomic mass is 16.5. The van der Waals surface area contributed by atoms with Crippen LogP contribution in [0.4, 0.5) is 0 Å². The third-order valence-electron chi connectivity index (χ3n) is 2.50. The quantitative estimate of drug-likeness (QED) is 0.796. The summed E-state index contributed by atoms with van der Waals surface area (Å²) in [6, 6.07) is 0. The predicted octanol–water partition coefficient (Wildman–Crippen LogP) is 0.849. The van der Waals surface area contributed by atoms with Crippen molar-refractivity contribution in [3.63, 3.8) is 0 Å². The Kier molecular flexibility index (Phi) is 4.68. The highest BCUT2D eigenvalue weighted by Crippen LogP contribution is 2.07. The number of aryl methyl sites for hydroxylation is 1. The molecule has 0 aliphatic heterocycles. The number of rotatable bonds is 6. The molecule has 94 valence electrons. The summed E-state index contributed by atoms with van der Waals surface area (Å²) in [5.41, 5.74) is 1.47. The van der Waals surface area contributed by atoms with Crippen molar-refractivity contribution >= 4 is 11.9 Å². The van der Waals surface area contributed by atoms with Crippen LogP contribution in [0.2, 0.25) is 0 Å². The smallest absolute Gasteiger partial charge is 0.303 e. The van der Waals surface area contributed by atoms with Gasteiger partial charge in [0.25, 0.3) is 0 Å². The van der Waals surface area contributed by atoms with Crippen LogP contribution in [0.25, 0.3) is 0 Å². The molecule has 6 heteroatoms. The molecule has 6 nitrogen and oxygen atoms in total. The van der Waals surface area contributed by atoms with Crippen LogP contribution < -0.4 is 0 Å². The van der Waals surface area contributed by atoms with E-state index in [0.717, 1.165) is 5.56 Å². The molecule has 1 aromatic heterocycles. The molecule has 0 aliphatic carbocycles. The van der Waals surface area contributed by atoms with E-state index in [1.807, 2.05) is 0 Å². The molecule has 17 heavy (non-hydrogen) atoms. The van der Waals surface area contributed by atoms with Crippen molar-refractivity contribution in [2.24, 2.45) is 0 Å². The maximum absolute atomic E-state index is 11.7. The number of aromatic nitrogens is 1. The average molecular weight is 240 g/mol. The topological polar surface area (TPSA) is 83.6 Å². The Bertz CT molecular complexity index is 400. The highest BCUT2D eigenvalue weighted by molar-refractivity contribution is 5.78. The highest BCUT2D eigenvalue weighted by Gasteiger charge is 2.13. The molecule has 0 atom stereocenters. The first-order chi connectivity index (χ1) is 8.00. The van der Waals surface area contributed by atoms with Crippen molar-refractivity contribution in [2.45, 2.75) is 26.2 Å². The van der Waals surface area contributed by atoms with Gasteiger partial charge in [0.15, 0.2) is 0 Å². The molecule has 0 bridgehead atoms. The Hall–Kier alpha value is -1.85. The average Bonchev–Trinajstić information content (AvgIpc) is 2.63. The summed E-state index contributed by atoms with van der Waals surface area (Å²) in [7, 11) is 1.66. The summed E-state index contributed by atoms with van der Waals surface area (Å²) in [5.74, 6) is -0.914. The lowest BCUT2D eigenvalue weighted by Gasteiger charge is -2.16. The van der Waals surface area contributed by atoms with E-state index in [4.69, 9.17) is 9.63 Å². The van der Waals surface area contributed by atoms with Gasteiger partial charge in [-0.2, -0.15) is 0 Å². The Morgan fingerprint density at radius 2 is 2.24 bits per heavy atom. The molecule has 0 unspecified atom stereocenters. The first-order valence-corrected chi connectivity index (χ1v) is 5.36. The zero-order chi connectivity index (χ0) is 12.8. The number of amides is 1. The van der Waals surface area contributed by atoms with Gasteiger partial charge in [-0.3, -0.25) is 9.59 Å². The standard InChI is InChI=1S/C11H16N2O4/c1-8-9(7-17-12-8)6-10(14)13(2)5-3-4-11(15)16/h7H,3-6H2,1-2H3,(H,15,16). The first-order valence-electron chi connectivity index (χ1n) is 5.36. The lowest BCUT2D eigenvalue weighted by Crippen LogP contribution is -2.29. The van der Waals surface area contributed by atoms with Gasteiger partial charge in [-0.1, -0.05) is 5.16 Å².